The van der Waals surface area contributed by atoms with Crippen LogP contribution in [0.5, 0.6) is 0 Å². The molecule has 134 valence electrons. The zero-order valence-electron chi connectivity index (χ0n) is 15.2. The summed E-state index contributed by atoms with van der Waals surface area (Å²) in [5.74, 6) is 0.318. The number of thiocarbonyl (C=S) groups is 1. The topological polar surface area (TPSA) is 53.2 Å². The van der Waals surface area contributed by atoms with Crippen molar-refractivity contribution >= 4 is 28.9 Å². The minimum absolute atomic E-state index is 0.144. The minimum Gasteiger partial charge on any atom is -0.351 e. The van der Waals surface area contributed by atoms with Crippen molar-refractivity contribution in [3.05, 3.63) is 77.0 Å². The molecule has 3 rings (SSSR count). The van der Waals surface area contributed by atoms with E-state index in [0.29, 0.717) is 16.6 Å². The average molecular weight is 366 g/mol. The number of carbonyl (C=O) groups excluding carboxylic acids is 1. The molecule has 2 aromatic carbocycles. The lowest BCUT2D eigenvalue weighted by Gasteiger charge is -2.30. The Bertz CT molecular complexity index is 841. The molecule has 2 aromatic rings. The quantitative estimate of drug-likeness (QED) is 0.710. The fourth-order valence-corrected chi connectivity index (χ4v) is 3.31. The van der Waals surface area contributed by atoms with Gasteiger partial charge in [-0.15, -0.1) is 0 Å². The minimum atomic E-state index is -0.284. The van der Waals surface area contributed by atoms with Gasteiger partial charge in [0.15, 0.2) is 5.11 Å². The Labute approximate surface area is 159 Å². The van der Waals surface area contributed by atoms with Crippen molar-refractivity contribution in [3.63, 3.8) is 0 Å². The maximum atomic E-state index is 13.0. The molecule has 1 aliphatic rings. The number of rotatable bonds is 4. The first-order valence-electron chi connectivity index (χ1n) is 8.70. The molecule has 1 atom stereocenters. The zero-order chi connectivity index (χ0) is 18.7. The Balaban J connectivity index is 1.92. The molecule has 1 heterocycles. The van der Waals surface area contributed by atoms with E-state index in [0.717, 1.165) is 16.9 Å². The zero-order valence-corrected chi connectivity index (χ0v) is 16.0. The van der Waals surface area contributed by atoms with Crippen molar-refractivity contribution in [1.29, 1.82) is 0 Å². The summed E-state index contributed by atoms with van der Waals surface area (Å²) in [5.41, 5.74) is 4.44. The second-order valence-corrected chi connectivity index (χ2v) is 7.12. The predicted octanol–water partition coefficient (Wildman–Crippen LogP) is 4.24. The summed E-state index contributed by atoms with van der Waals surface area (Å²) < 4.78 is 0. The smallest absolute Gasteiger partial charge is 0.255 e. The van der Waals surface area contributed by atoms with Crippen LogP contribution in [-0.4, -0.2) is 11.0 Å². The third kappa shape index (κ3) is 3.94. The molecule has 0 spiro atoms. The van der Waals surface area contributed by atoms with E-state index in [2.05, 4.69) is 54.1 Å². The fourth-order valence-electron chi connectivity index (χ4n) is 3.04. The summed E-state index contributed by atoms with van der Waals surface area (Å²) in [7, 11) is 0. The Morgan fingerprint density at radius 2 is 1.73 bits per heavy atom. The Hall–Kier alpha value is -2.66. The lowest BCUT2D eigenvalue weighted by Crippen LogP contribution is -2.45. The van der Waals surface area contributed by atoms with E-state index < -0.39 is 0 Å². The van der Waals surface area contributed by atoms with E-state index >= 15 is 0 Å². The van der Waals surface area contributed by atoms with Gasteiger partial charge in [-0.1, -0.05) is 56.3 Å². The molecule has 1 aliphatic heterocycles. The van der Waals surface area contributed by atoms with E-state index in [1.807, 2.05) is 37.3 Å². The number of hydrogen-bond donors (Lipinski definition) is 3. The first kappa shape index (κ1) is 18.1. The van der Waals surface area contributed by atoms with Gasteiger partial charge in [0.25, 0.3) is 5.91 Å². The Morgan fingerprint density at radius 3 is 2.35 bits per heavy atom. The number of nitrogens with one attached hydrogen (secondary N) is 3. The molecule has 4 nitrogen and oxygen atoms in total. The summed E-state index contributed by atoms with van der Waals surface area (Å²) in [5, 5.41) is 9.79. The van der Waals surface area contributed by atoms with E-state index in [1.54, 1.807) is 0 Å². The highest BCUT2D eigenvalue weighted by atomic mass is 32.1. The van der Waals surface area contributed by atoms with Crippen molar-refractivity contribution in [2.45, 2.75) is 32.7 Å². The highest BCUT2D eigenvalue weighted by molar-refractivity contribution is 7.80. The number of hydrogen-bond acceptors (Lipinski definition) is 2. The van der Waals surface area contributed by atoms with Crippen LogP contribution in [0.4, 0.5) is 5.69 Å². The first-order valence-corrected chi connectivity index (χ1v) is 9.11. The van der Waals surface area contributed by atoms with Crippen molar-refractivity contribution in [2.24, 2.45) is 0 Å². The molecule has 0 saturated carbocycles. The van der Waals surface area contributed by atoms with Gasteiger partial charge in [-0.2, -0.15) is 0 Å². The summed E-state index contributed by atoms with van der Waals surface area (Å²) in [6, 6.07) is 17.5. The fraction of sp³-hybridized carbons (Fsp3) is 0.238. The average Bonchev–Trinajstić information content (AvgIpc) is 2.61. The van der Waals surface area contributed by atoms with Gasteiger partial charge in [0.1, 0.15) is 0 Å². The van der Waals surface area contributed by atoms with Crippen LogP contribution in [-0.2, 0) is 4.79 Å². The van der Waals surface area contributed by atoms with E-state index in [4.69, 9.17) is 12.2 Å². The number of carbonyl (C=O) groups is 1. The van der Waals surface area contributed by atoms with Crippen LogP contribution in [0.2, 0.25) is 0 Å². The van der Waals surface area contributed by atoms with Crippen molar-refractivity contribution in [1.82, 2.24) is 10.6 Å². The second kappa shape index (κ2) is 7.70. The monoisotopic (exact) mass is 365 g/mol. The van der Waals surface area contributed by atoms with Gasteiger partial charge in [0.2, 0.25) is 0 Å². The van der Waals surface area contributed by atoms with E-state index in [-0.39, 0.29) is 11.9 Å². The maximum absolute atomic E-state index is 13.0. The van der Waals surface area contributed by atoms with Gasteiger partial charge >= 0.3 is 0 Å². The standard InChI is InChI=1S/C21H23N3OS/c1-13(2)15-9-11-16(12-10-15)19-18(14(3)22-21(26)24-19)20(25)23-17-7-5-4-6-8-17/h4-13,19H,1-3H3,(H,23,25)(H2,22,24,26)/t19-/m1/s1. The van der Waals surface area contributed by atoms with Crippen LogP contribution in [0.1, 0.15) is 43.9 Å². The highest BCUT2D eigenvalue weighted by Crippen LogP contribution is 2.29. The van der Waals surface area contributed by atoms with E-state index in [9.17, 15) is 4.79 Å². The Kier molecular flexibility index (Phi) is 5.38. The molecular formula is C21H23N3OS. The normalized spacial score (nSPS) is 16.9. The van der Waals surface area contributed by atoms with Gasteiger partial charge < -0.3 is 16.0 Å². The van der Waals surface area contributed by atoms with Crippen LogP contribution < -0.4 is 16.0 Å². The lowest BCUT2D eigenvalue weighted by molar-refractivity contribution is -0.113. The molecule has 0 fully saturated rings. The molecule has 26 heavy (non-hydrogen) atoms. The SMILES string of the molecule is CC1=C(C(=O)Nc2ccccc2)[C@@H](c2ccc(C(C)C)cc2)NC(=S)N1. The van der Waals surface area contributed by atoms with Crippen molar-refractivity contribution < 1.29 is 4.79 Å². The second-order valence-electron chi connectivity index (χ2n) is 6.71. The van der Waals surface area contributed by atoms with E-state index in [1.165, 1.54) is 5.56 Å². The molecule has 0 saturated heterocycles. The summed E-state index contributed by atoms with van der Waals surface area (Å²) >= 11 is 5.31. The number of amides is 1. The first-order chi connectivity index (χ1) is 12.5. The molecule has 0 aromatic heterocycles. The summed E-state index contributed by atoms with van der Waals surface area (Å²) in [6.07, 6.45) is 0. The molecule has 0 aliphatic carbocycles. The molecular weight excluding hydrogens is 342 g/mol. The van der Waals surface area contributed by atoms with Crippen LogP contribution in [0.3, 0.4) is 0 Å². The number of allylic oxidation sites excluding steroid dienone is 1. The Morgan fingerprint density at radius 1 is 1.08 bits per heavy atom. The van der Waals surface area contributed by atoms with Crippen LogP contribution in [0.25, 0.3) is 0 Å². The highest BCUT2D eigenvalue weighted by Gasteiger charge is 2.29. The number of para-hydroxylation sites is 1. The van der Waals surface area contributed by atoms with Crippen molar-refractivity contribution in [2.75, 3.05) is 5.32 Å². The largest absolute Gasteiger partial charge is 0.351 e. The number of benzene rings is 2. The van der Waals surface area contributed by atoms with Gasteiger partial charge in [-0.25, -0.2) is 0 Å². The third-order valence-electron chi connectivity index (χ3n) is 4.48. The van der Waals surface area contributed by atoms with Gasteiger partial charge in [-0.3, -0.25) is 4.79 Å². The van der Waals surface area contributed by atoms with Gasteiger partial charge in [0.05, 0.1) is 11.6 Å². The molecule has 0 bridgehead atoms. The maximum Gasteiger partial charge on any atom is 0.255 e. The molecule has 5 heteroatoms. The molecule has 0 radical (unpaired) electrons. The van der Waals surface area contributed by atoms with Crippen LogP contribution in [0.15, 0.2) is 65.9 Å². The van der Waals surface area contributed by atoms with Gasteiger partial charge in [-0.05, 0) is 48.3 Å². The molecule has 0 unspecified atom stereocenters. The summed E-state index contributed by atoms with van der Waals surface area (Å²) in [4.78, 5) is 13.0. The van der Waals surface area contributed by atoms with Crippen LogP contribution in [0, 0.1) is 0 Å². The van der Waals surface area contributed by atoms with Crippen LogP contribution >= 0.6 is 12.2 Å². The van der Waals surface area contributed by atoms with Gasteiger partial charge in [0, 0.05) is 11.4 Å². The lowest BCUT2D eigenvalue weighted by atomic mass is 9.92. The molecule has 3 N–H and O–H groups in total. The predicted molar refractivity (Wildman–Crippen MR) is 110 cm³/mol. The molecule has 1 amide bonds. The third-order valence-corrected chi connectivity index (χ3v) is 4.70. The van der Waals surface area contributed by atoms with Crippen molar-refractivity contribution in [3.8, 4) is 0 Å². The number of anilines is 1. The summed E-state index contributed by atoms with van der Waals surface area (Å²) in [6.45, 7) is 6.20.